The summed E-state index contributed by atoms with van der Waals surface area (Å²) in [5.74, 6) is -3.41. The Morgan fingerprint density at radius 3 is 2.47 bits per heavy atom. The quantitative estimate of drug-likeness (QED) is 0.841. The van der Waals surface area contributed by atoms with Crippen LogP contribution in [0.5, 0.6) is 0 Å². The van der Waals surface area contributed by atoms with Crippen molar-refractivity contribution in [2.24, 2.45) is 0 Å². The van der Waals surface area contributed by atoms with E-state index in [-0.39, 0.29) is 11.0 Å². The highest BCUT2D eigenvalue weighted by atomic mass is 35.5. The molecule has 17 heavy (non-hydrogen) atoms. The van der Waals surface area contributed by atoms with Crippen LogP contribution in [0.4, 0.5) is 24.7 Å². The molecule has 0 radical (unpaired) electrons. The van der Waals surface area contributed by atoms with Crippen LogP contribution in [0.1, 0.15) is 0 Å². The number of halogens is 4. The SMILES string of the molecule is Fc1cc(F)c(F)c(Nc2nccnc2Cl)c1. The van der Waals surface area contributed by atoms with Gasteiger partial charge in [-0.3, -0.25) is 0 Å². The molecule has 0 spiro atoms. The second-order valence-electron chi connectivity index (χ2n) is 3.07. The molecular formula is C10H5ClF3N3. The van der Waals surface area contributed by atoms with E-state index in [4.69, 9.17) is 11.6 Å². The van der Waals surface area contributed by atoms with Crippen molar-refractivity contribution in [3.8, 4) is 0 Å². The van der Waals surface area contributed by atoms with Crippen molar-refractivity contribution in [1.82, 2.24) is 9.97 Å². The predicted octanol–water partition coefficient (Wildman–Crippen LogP) is 3.29. The van der Waals surface area contributed by atoms with Crippen molar-refractivity contribution < 1.29 is 13.2 Å². The van der Waals surface area contributed by atoms with Gasteiger partial charge in [-0.05, 0) is 0 Å². The van der Waals surface area contributed by atoms with Crippen molar-refractivity contribution >= 4 is 23.1 Å². The largest absolute Gasteiger partial charge is 0.335 e. The highest BCUT2D eigenvalue weighted by Gasteiger charge is 2.13. The summed E-state index contributed by atoms with van der Waals surface area (Å²) in [6.07, 6.45) is 2.64. The zero-order valence-electron chi connectivity index (χ0n) is 8.22. The lowest BCUT2D eigenvalue weighted by Crippen LogP contribution is -2.00. The molecule has 2 aromatic rings. The Labute approximate surface area is 99.3 Å². The van der Waals surface area contributed by atoms with Gasteiger partial charge in [0.05, 0.1) is 5.69 Å². The molecule has 0 aliphatic rings. The number of rotatable bonds is 2. The second-order valence-corrected chi connectivity index (χ2v) is 3.43. The Balaban J connectivity index is 2.40. The first kappa shape index (κ1) is 11.7. The van der Waals surface area contributed by atoms with Gasteiger partial charge in [0.1, 0.15) is 5.82 Å². The fourth-order valence-electron chi connectivity index (χ4n) is 1.18. The van der Waals surface area contributed by atoms with Gasteiger partial charge in [0, 0.05) is 24.5 Å². The van der Waals surface area contributed by atoms with E-state index in [9.17, 15) is 13.2 Å². The molecule has 0 saturated carbocycles. The smallest absolute Gasteiger partial charge is 0.182 e. The van der Waals surface area contributed by atoms with E-state index in [1.165, 1.54) is 12.4 Å². The number of hydrogen-bond donors (Lipinski definition) is 1. The third-order valence-corrected chi connectivity index (χ3v) is 2.18. The summed E-state index contributed by atoms with van der Waals surface area (Å²) >= 11 is 5.66. The molecule has 0 saturated heterocycles. The van der Waals surface area contributed by atoms with Crippen LogP contribution >= 0.6 is 11.6 Å². The van der Waals surface area contributed by atoms with Crippen LogP contribution in [0.2, 0.25) is 5.15 Å². The number of benzene rings is 1. The molecule has 1 heterocycles. The summed E-state index contributed by atoms with van der Waals surface area (Å²) in [4.78, 5) is 7.44. The molecule has 1 aromatic heterocycles. The highest BCUT2D eigenvalue weighted by Crippen LogP contribution is 2.25. The standard InChI is InChI=1S/C10H5ClF3N3/c11-9-10(16-2-1-15-9)17-7-4-5(12)3-6(13)8(7)14/h1-4H,(H,16,17). The first-order valence-corrected chi connectivity index (χ1v) is 4.84. The Kier molecular flexibility index (Phi) is 3.14. The van der Waals surface area contributed by atoms with Crippen molar-refractivity contribution in [2.45, 2.75) is 0 Å². The number of nitrogens with one attached hydrogen (secondary N) is 1. The number of aromatic nitrogens is 2. The lowest BCUT2D eigenvalue weighted by atomic mass is 10.3. The molecule has 88 valence electrons. The molecule has 0 amide bonds. The zero-order valence-corrected chi connectivity index (χ0v) is 8.97. The minimum absolute atomic E-state index is 0.0121. The fourth-order valence-corrected chi connectivity index (χ4v) is 1.33. The Morgan fingerprint density at radius 2 is 1.76 bits per heavy atom. The van der Waals surface area contributed by atoms with E-state index in [1.807, 2.05) is 0 Å². The van der Waals surface area contributed by atoms with Gasteiger partial charge in [-0.25, -0.2) is 23.1 Å². The summed E-state index contributed by atoms with van der Waals surface area (Å²) < 4.78 is 39.1. The summed E-state index contributed by atoms with van der Waals surface area (Å²) in [5, 5.41) is 2.33. The van der Waals surface area contributed by atoms with Gasteiger partial charge in [-0.2, -0.15) is 0 Å². The van der Waals surface area contributed by atoms with Gasteiger partial charge in [0.2, 0.25) is 0 Å². The van der Waals surface area contributed by atoms with Gasteiger partial charge >= 0.3 is 0 Å². The van der Waals surface area contributed by atoms with Crippen LogP contribution in [0.3, 0.4) is 0 Å². The highest BCUT2D eigenvalue weighted by molar-refractivity contribution is 6.31. The van der Waals surface area contributed by atoms with Crippen LogP contribution in [-0.2, 0) is 0 Å². The molecule has 0 aliphatic heterocycles. The van der Waals surface area contributed by atoms with Crippen molar-refractivity contribution in [3.63, 3.8) is 0 Å². The van der Waals surface area contributed by atoms with Gasteiger partial charge in [-0.1, -0.05) is 11.6 Å². The fraction of sp³-hybridized carbons (Fsp3) is 0. The Morgan fingerprint density at radius 1 is 1.06 bits per heavy atom. The molecule has 0 unspecified atom stereocenters. The summed E-state index contributed by atoms with van der Waals surface area (Å²) in [6, 6.07) is 1.24. The van der Waals surface area contributed by atoms with Crippen molar-refractivity contribution in [3.05, 3.63) is 47.1 Å². The van der Waals surface area contributed by atoms with Crippen molar-refractivity contribution in [1.29, 1.82) is 0 Å². The molecule has 0 fully saturated rings. The monoisotopic (exact) mass is 259 g/mol. The lowest BCUT2D eigenvalue weighted by Gasteiger charge is -2.08. The van der Waals surface area contributed by atoms with E-state index in [2.05, 4.69) is 15.3 Å². The lowest BCUT2D eigenvalue weighted by molar-refractivity contribution is 0.498. The molecular weight excluding hydrogens is 255 g/mol. The van der Waals surface area contributed by atoms with Crippen LogP contribution in [0.25, 0.3) is 0 Å². The van der Waals surface area contributed by atoms with Crippen LogP contribution in [-0.4, -0.2) is 9.97 Å². The molecule has 7 heteroatoms. The van der Waals surface area contributed by atoms with E-state index in [1.54, 1.807) is 0 Å². The third kappa shape index (κ3) is 2.47. The van der Waals surface area contributed by atoms with Crippen LogP contribution in [0, 0.1) is 17.5 Å². The number of nitrogens with zero attached hydrogens (tertiary/aromatic N) is 2. The number of anilines is 2. The third-order valence-electron chi connectivity index (χ3n) is 1.90. The predicted molar refractivity (Wildman–Crippen MR) is 56.6 cm³/mol. The summed E-state index contributed by atoms with van der Waals surface area (Å²) in [5.41, 5.74) is -0.398. The maximum Gasteiger partial charge on any atom is 0.182 e. The average molecular weight is 260 g/mol. The Bertz CT molecular complexity index is 562. The van der Waals surface area contributed by atoms with E-state index >= 15 is 0 Å². The minimum Gasteiger partial charge on any atom is -0.335 e. The van der Waals surface area contributed by atoms with Gasteiger partial charge in [0.15, 0.2) is 22.6 Å². The first-order valence-electron chi connectivity index (χ1n) is 4.46. The van der Waals surface area contributed by atoms with Crippen LogP contribution < -0.4 is 5.32 Å². The van der Waals surface area contributed by atoms with E-state index in [0.29, 0.717) is 6.07 Å². The van der Waals surface area contributed by atoms with Crippen molar-refractivity contribution in [2.75, 3.05) is 5.32 Å². The van der Waals surface area contributed by atoms with Gasteiger partial charge in [0.25, 0.3) is 0 Å². The molecule has 1 aromatic carbocycles. The molecule has 0 bridgehead atoms. The maximum absolute atomic E-state index is 13.3. The number of hydrogen-bond acceptors (Lipinski definition) is 3. The molecule has 1 N–H and O–H groups in total. The molecule has 3 nitrogen and oxygen atoms in total. The minimum atomic E-state index is -1.30. The topological polar surface area (TPSA) is 37.8 Å². The molecule has 0 atom stereocenters. The summed E-state index contributed by atoms with van der Waals surface area (Å²) in [7, 11) is 0. The molecule has 0 aliphatic carbocycles. The normalized spacial score (nSPS) is 10.4. The van der Waals surface area contributed by atoms with E-state index in [0.717, 1.165) is 6.07 Å². The maximum atomic E-state index is 13.3. The second kappa shape index (κ2) is 4.58. The first-order chi connectivity index (χ1) is 8.08. The Hall–Kier alpha value is -1.82. The zero-order chi connectivity index (χ0) is 12.4. The average Bonchev–Trinajstić information content (AvgIpc) is 2.28. The van der Waals surface area contributed by atoms with E-state index < -0.39 is 23.1 Å². The van der Waals surface area contributed by atoms with Crippen LogP contribution in [0.15, 0.2) is 24.5 Å². The van der Waals surface area contributed by atoms with Gasteiger partial charge < -0.3 is 5.32 Å². The van der Waals surface area contributed by atoms with Gasteiger partial charge in [-0.15, -0.1) is 0 Å². The molecule has 2 rings (SSSR count). The summed E-state index contributed by atoms with van der Waals surface area (Å²) in [6.45, 7) is 0.